The molecule has 0 spiro atoms. The minimum Gasteiger partial charge on any atom is -0.337 e. The second-order valence-corrected chi connectivity index (χ2v) is 10.3. The van der Waals surface area contributed by atoms with Crippen LogP contribution in [0.5, 0.6) is 0 Å². The molecule has 0 saturated heterocycles. The number of rotatable bonds is 1. The Balaban J connectivity index is 2.27. The molecular weight excluding hydrogens is 377 g/mol. The Kier molecular flexibility index (Phi) is 4.19. The minimum atomic E-state index is -0.947. The third-order valence-electron chi connectivity index (χ3n) is 4.27. The van der Waals surface area contributed by atoms with Crippen LogP contribution in [0.2, 0.25) is 0 Å². The summed E-state index contributed by atoms with van der Waals surface area (Å²) in [6, 6.07) is 12.7. The van der Waals surface area contributed by atoms with Gasteiger partial charge in [0.2, 0.25) is 0 Å². The second kappa shape index (κ2) is 6.21. The predicted molar refractivity (Wildman–Crippen MR) is 113 cm³/mol. The molecule has 0 amide bonds. The van der Waals surface area contributed by atoms with Crippen LogP contribution >= 0.6 is 36.6 Å². The molecule has 2 aromatic heterocycles. The van der Waals surface area contributed by atoms with Crippen molar-refractivity contribution < 1.29 is 0 Å². The van der Waals surface area contributed by atoms with E-state index >= 15 is 0 Å². The number of fused-ring (bicyclic) bond motifs is 4. The Bertz CT molecular complexity index is 1160. The van der Waals surface area contributed by atoms with Crippen molar-refractivity contribution in [2.45, 2.75) is 13.8 Å². The summed E-state index contributed by atoms with van der Waals surface area (Å²) >= 11 is 13.4. The maximum atomic E-state index is 6.69. The fourth-order valence-electron chi connectivity index (χ4n) is 3.17. The SMILES string of the molecule is C/C=C\c1c(C)[nH]p(Cl)c2cc3c4ccccc4[nH]p(Cl)c3cc12. The van der Waals surface area contributed by atoms with Crippen molar-refractivity contribution in [3.8, 4) is 0 Å². The molecule has 2 heterocycles. The molecule has 6 heteroatoms. The van der Waals surface area contributed by atoms with E-state index in [0.717, 1.165) is 11.2 Å². The zero-order valence-electron chi connectivity index (χ0n) is 13.3. The van der Waals surface area contributed by atoms with Crippen molar-refractivity contribution in [3.05, 3.63) is 53.7 Å². The molecular formula is C18H16Cl2N2P2. The standard InChI is InChI=1S/C18H16Cl2N2P2/c1-3-6-12-11(2)21-23(19)17-10-15-13-7-4-5-8-16(13)22-24(20)18(15)9-14(12)17/h3-10,21-22H,1-2H3/b6-3-. The highest BCUT2D eigenvalue weighted by Gasteiger charge is 2.12. The molecule has 2 aromatic carbocycles. The summed E-state index contributed by atoms with van der Waals surface area (Å²) in [5.41, 5.74) is 3.40. The van der Waals surface area contributed by atoms with Gasteiger partial charge in [0.05, 0.1) is 14.1 Å². The monoisotopic (exact) mass is 392 g/mol. The number of aromatic nitrogens is 2. The molecule has 0 radical (unpaired) electrons. The van der Waals surface area contributed by atoms with Gasteiger partial charge in [0, 0.05) is 32.4 Å². The van der Waals surface area contributed by atoms with Gasteiger partial charge in [-0.05, 0) is 65.3 Å². The van der Waals surface area contributed by atoms with E-state index in [0.29, 0.717) is 0 Å². The Hall–Kier alpha value is -1.30. The molecule has 2 atom stereocenters. The molecule has 122 valence electrons. The van der Waals surface area contributed by atoms with Crippen LogP contribution in [-0.4, -0.2) is 9.49 Å². The quantitative estimate of drug-likeness (QED) is 0.241. The number of hydrogen-bond acceptors (Lipinski definition) is 0. The number of aromatic amines is 2. The number of hydrogen-bond donors (Lipinski definition) is 2. The van der Waals surface area contributed by atoms with E-state index in [4.69, 9.17) is 22.5 Å². The molecule has 2 unspecified atom stereocenters. The van der Waals surface area contributed by atoms with Gasteiger partial charge in [-0.1, -0.05) is 30.4 Å². The third-order valence-corrected chi connectivity index (χ3v) is 8.42. The topological polar surface area (TPSA) is 31.6 Å². The summed E-state index contributed by atoms with van der Waals surface area (Å²) in [6.45, 7) is 4.11. The van der Waals surface area contributed by atoms with E-state index in [9.17, 15) is 0 Å². The maximum absolute atomic E-state index is 6.69. The summed E-state index contributed by atoms with van der Waals surface area (Å²) < 4.78 is 6.87. The lowest BCUT2D eigenvalue weighted by atomic mass is 10.1. The summed E-state index contributed by atoms with van der Waals surface area (Å²) in [4.78, 5) is 0. The molecule has 4 rings (SSSR count). The first-order valence-corrected chi connectivity index (χ1v) is 12.2. The van der Waals surface area contributed by atoms with Crippen molar-refractivity contribution in [2.75, 3.05) is 0 Å². The van der Waals surface area contributed by atoms with Crippen LogP contribution in [0.25, 0.3) is 38.0 Å². The maximum Gasteiger partial charge on any atom is 0.0505 e. The number of H-pyrrole nitrogens is 2. The first kappa shape index (κ1) is 16.2. The molecule has 0 bridgehead atoms. The first-order valence-electron chi connectivity index (χ1n) is 7.66. The number of para-hydroxylation sites is 1. The molecule has 0 saturated carbocycles. The zero-order valence-corrected chi connectivity index (χ0v) is 16.6. The smallest absolute Gasteiger partial charge is 0.0505 e. The van der Waals surface area contributed by atoms with Gasteiger partial charge in [0.15, 0.2) is 0 Å². The molecule has 2 nitrogen and oxygen atoms in total. The van der Waals surface area contributed by atoms with Crippen molar-refractivity contribution in [2.24, 2.45) is 0 Å². The predicted octanol–water partition coefficient (Wildman–Crippen LogP) is 8.25. The van der Waals surface area contributed by atoms with Crippen molar-refractivity contribution in [1.82, 2.24) is 9.49 Å². The van der Waals surface area contributed by atoms with E-state index in [1.165, 1.54) is 32.0 Å². The summed E-state index contributed by atoms with van der Waals surface area (Å²) in [5.74, 6) is 0. The van der Waals surface area contributed by atoms with E-state index in [1.54, 1.807) is 0 Å². The van der Waals surface area contributed by atoms with Gasteiger partial charge >= 0.3 is 0 Å². The molecule has 0 aliphatic carbocycles. The molecule has 0 aliphatic heterocycles. The Morgan fingerprint density at radius 2 is 1.58 bits per heavy atom. The van der Waals surface area contributed by atoms with Gasteiger partial charge < -0.3 is 9.49 Å². The van der Waals surface area contributed by atoms with Gasteiger partial charge in [0.1, 0.15) is 0 Å². The summed E-state index contributed by atoms with van der Waals surface area (Å²) in [5, 5.41) is 5.91. The zero-order chi connectivity index (χ0) is 16.8. The number of allylic oxidation sites excluding steroid dienone is 1. The second-order valence-electron chi connectivity index (χ2n) is 5.76. The van der Waals surface area contributed by atoms with Gasteiger partial charge in [-0.15, -0.1) is 0 Å². The average molecular weight is 393 g/mol. The Morgan fingerprint density at radius 3 is 2.38 bits per heavy atom. The van der Waals surface area contributed by atoms with E-state index in [1.807, 2.05) is 13.0 Å². The van der Waals surface area contributed by atoms with Gasteiger partial charge in [-0.3, -0.25) is 0 Å². The van der Waals surface area contributed by atoms with Crippen LogP contribution in [0, 0.1) is 6.92 Å². The summed E-state index contributed by atoms with van der Waals surface area (Å²) in [7, 11) is -1.88. The lowest BCUT2D eigenvalue weighted by Gasteiger charge is -2.13. The van der Waals surface area contributed by atoms with Gasteiger partial charge in [0.25, 0.3) is 0 Å². The molecule has 4 aromatic rings. The molecule has 0 aliphatic rings. The number of nitrogens with one attached hydrogen (secondary N) is 2. The largest absolute Gasteiger partial charge is 0.337 e. The van der Waals surface area contributed by atoms with Crippen molar-refractivity contribution in [1.29, 1.82) is 0 Å². The highest BCUT2D eigenvalue weighted by atomic mass is 35.7. The van der Waals surface area contributed by atoms with Crippen molar-refractivity contribution >= 4 is 74.6 Å². The van der Waals surface area contributed by atoms with E-state index in [2.05, 4.69) is 58.9 Å². The Labute approximate surface area is 151 Å². The Morgan fingerprint density at radius 1 is 0.917 bits per heavy atom. The highest BCUT2D eigenvalue weighted by Crippen LogP contribution is 2.48. The lowest BCUT2D eigenvalue weighted by molar-refractivity contribution is 1.31. The van der Waals surface area contributed by atoms with E-state index in [-0.39, 0.29) is 0 Å². The number of aryl methyl sites for hydroxylation is 1. The van der Waals surface area contributed by atoms with Crippen LogP contribution in [0.4, 0.5) is 0 Å². The molecule has 0 fully saturated rings. The first-order chi connectivity index (χ1) is 11.6. The fourth-order valence-corrected chi connectivity index (χ4v) is 7.00. The van der Waals surface area contributed by atoms with Gasteiger partial charge in [-0.2, -0.15) is 0 Å². The lowest BCUT2D eigenvalue weighted by Crippen LogP contribution is -1.88. The van der Waals surface area contributed by atoms with Crippen LogP contribution in [0.3, 0.4) is 0 Å². The molecule has 2 N–H and O–H groups in total. The van der Waals surface area contributed by atoms with Gasteiger partial charge in [-0.25, -0.2) is 0 Å². The van der Waals surface area contributed by atoms with Crippen LogP contribution < -0.4 is 0 Å². The minimum absolute atomic E-state index is 0.929. The molecule has 24 heavy (non-hydrogen) atoms. The van der Waals surface area contributed by atoms with Crippen molar-refractivity contribution in [3.63, 3.8) is 0 Å². The van der Waals surface area contributed by atoms with E-state index < -0.39 is 14.1 Å². The number of benzene rings is 2. The van der Waals surface area contributed by atoms with Crippen LogP contribution in [-0.2, 0) is 0 Å². The highest BCUT2D eigenvalue weighted by molar-refractivity contribution is 7.79. The summed E-state index contributed by atoms with van der Waals surface area (Å²) in [6.07, 6.45) is 4.19. The van der Waals surface area contributed by atoms with Crippen LogP contribution in [0.1, 0.15) is 18.2 Å². The third kappa shape index (κ3) is 2.50. The number of halogens is 2. The fraction of sp³-hybridized carbons (Fsp3) is 0.111. The average Bonchev–Trinajstić information content (AvgIpc) is 2.58. The van der Waals surface area contributed by atoms with Crippen LogP contribution in [0.15, 0.2) is 42.5 Å². The normalized spacial score (nSPS) is 13.5.